The summed E-state index contributed by atoms with van der Waals surface area (Å²) in [5, 5.41) is 0.489. The lowest BCUT2D eigenvalue weighted by Gasteiger charge is -2.36. The number of fused-ring (bicyclic) bond motifs is 5. The molecule has 0 N–H and O–H groups in total. The summed E-state index contributed by atoms with van der Waals surface area (Å²) in [6, 6.07) is 18.3. The van der Waals surface area contributed by atoms with E-state index in [-0.39, 0.29) is 11.5 Å². The van der Waals surface area contributed by atoms with Crippen molar-refractivity contribution in [2.75, 3.05) is 9.80 Å². The highest BCUT2D eigenvalue weighted by atomic mass is 35.5. The van der Waals surface area contributed by atoms with E-state index in [1.807, 2.05) is 41.3 Å². The van der Waals surface area contributed by atoms with Gasteiger partial charge in [0.15, 0.2) is 5.78 Å². The zero-order valence-electron chi connectivity index (χ0n) is 17.8. The van der Waals surface area contributed by atoms with Crippen molar-refractivity contribution in [2.45, 2.75) is 12.1 Å². The molecule has 0 unspecified atom stereocenters. The summed E-state index contributed by atoms with van der Waals surface area (Å²) in [5.74, 6) is -3.76. The maximum atomic E-state index is 14.6. The monoisotopic (exact) mass is 472 g/mol. The molecule has 0 radical (unpaired) electrons. The second kappa shape index (κ2) is 7.64. The Kier molecular flexibility index (Phi) is 4.67. The Hall–Kier alpha value is -3.77. The van der Waals surface area contributed by atoms with E-state index in [1.54, 1.807) is 30.3 Å². The summed E-state index contributed by atoms with van der Waals surface area (Å²) in [5.41, 5.74) is 2.00. The number of anilines is 2. The molecule has 3 aromatic rings. The molecule has 7 heteroatoms. The first kappa shape index (κ1) is 20.8. The Morgan fingerprint density at radius 2 is 1.47 bits per heavy atom. The van der Waals surface area contributed by atoms with Gasteiger partial charge in [-0.25, -0.2) is 9.29 Å². The Bertz CT molecular complexity index is 1390. The first-order chi connectivity index (χ1) is 16.5. The van der Waals surface area contributed by atoms with Crippen molar-refractivity contribution in [1.82, 2.24) is 0 Å². The van der Waals surface area contributed by atoms with Gasteiger partial charge in [-0.1, -0.05) is 54.1 Å². The minimum atomic E-state index is -0.948. The van der Waals surface area contributed by atoms with Gasteiger partial charge in [-0.3, -0.25) is 14.4 Å². The molecule has 6 rings (SSSR count). The van der Waals surface area contributed by atoms with Gasteiger partial charge in [-0.15, -0.1) is 0 Å². The smallest absolute Gasteiger partial charge is 0.240 e. The Labute approximate surface area is 200 Å². The Morgan fingerprint density at radius 3 is 2.21 bits per heavy atom. The van der Waals surface area contributed by atoms with E-state index >= 15 is 0 Å². The van der Waals surface area contributed by atoms with Crippen molar-refractivity contribution < 1.29 is 18.8 Å². The molecule has 3 aromatic carbocycles. The second-order valence-electron chi connectivity index (χ2n) is 8.65. The molecule has 3 aliphatic rings. The van der Waals surface area contributed by atoms with Gasteiger partial charge in [-0.05, 0) is 48.0 Å². The van der Waals surface area contributed by atoms with Crippen LogP contribution < -0.4 is 9.80 Å². The van der Waals surface area contributed by atoms with Crippen LogP contribution in [-0.4, -0.2) is 29.7 Å². The van der Waals surface area contributed by atoms with Crippen LogP contribution in [0.2, 0.25) is 5.02 Å². The lowest BCUT2D eigenvalue weighted by Crippen LogP contribution is -2.49. The molecule has 2 amide bonds. The van der Waals surface area contributed by atoms with Gasteiger partial charge in [0.2, 0.25) is 11.8 Å². The fraction of sp³-hybridized carbons (Fsp3) is 0.148. The minimum absolute atomic E-state index is 0.0867. The summed E-state index contributed by atoms with van der Waals surface area (Å²) in [4.78, 5) is 44.0. The van der Waals surface area contributed by atoms with Crippen LogP contribution in [0.1, 0.15) is 15.9 Å². The molecule has 168 valence electrons. The van der Waals surface area contributed by atoms with Crippen LogP contribution >= 0.6 is 11.6 Å². The molecular weight excluding hydrogens is 455 g/mol. The summed E-state index contributed by atoms with van der Waals surface area (Å²) in [7, 11) is 0. The fourth-order valence-electron chi connectivity index (χ4n) is 5.47. The summed E-state index contributed by atoms with van der Waals surface area (Å²) < 4.78 is 14.6. The van der Waals surface area contributed by atoms with Crippen LogP contribution in [0.5, 0.6) is 0 Å². The minimum Gasteiger partial charge on any atom is -0.352 e. The van der Waals surface area contributed by atoms with E-state index in [0.717, 1.165) is 16.2 Å². The highest BCUT2D eigenvalue weighted by molar-refractivity contribution is 6.30. The zero-order valence-corrected chi connectivity index (χ0v) is 18.5. The van der Waals surface area contributed by atoms with E-state index in [2.05, 4.69) is 0 Å². The number of nitrogens with zero attached hydrogens (tertiary/aromatic N) is 2. The maximum absolute atomic E-state index is 14.6. The number of Topliss-reactive ketones (excluding diaryl/α,β-unsaturated/α-hetero) is 1. The van der Waals surface area contributed by atoms with Gasteiger partial charge >= 0.3 is 0 Å². The van der Waals surface area contributed by atoms with Gasteiger partial charge in [0.05, 0.1) is 23.6 Å². The number of imide groups is 1. The second-order valence-corrected chi connectivity index (χ2v) is 9.08. The number of rotatable bonds is 3. The number of para-hydroxylation sites is 2. The highest BCUT2D eigenvalue weighted by Crippen LogP contribution is 2.50. The molecule has 5 nitrogen and oxygen atoms in total. The molecule has 2 saturated heterocycles. The topological polar surface area (TPSA) is 57.7 Å². The van der Waals surface area contributed by atoms with Crippen LogP contribution in [0, 0.1) is 17.7 Å². The summed E-state index contributed by atoms with van der Waals surface area (Å²) in [6.45, 7) is 0. The highest BCUT2D eigenvalue weighted by Gasteiger charge is 2.64. The average Bonchev–Trinajstić information content (AvgIpc) is 3.32. The molecule has 2 fully saturated rings. The molecule has 0 aromatic heterocycles. The molecule has 0 saturated carbocycles. The van der Waals surface area contributed by atoms with Gasteiger partial charge in [-0.2, -0.15) is 0 Å². The van der Waals surface area contributed by atoms with E-state index in [1.165, 1.54) is 18.2 Å². The van der Waals surface area contributed by atoms with Crippen molar-refractivity contribution in [3.8, 4) is 0 Å². The largest absolute Gasteiger partial charge is 0.352 e. The number of amides is 2. The number of carbonyl (C=O) groups is 3. The van der Waals surface area contributed by atoms with E-state index in [9.17, 15) is 18.8 Å². The lowest BCUT2D eigenvalue weighted by atomic mass is 9.86. The maximum Gasteiger partial charge on any atom is 0.240 e. The number of hydrogen-bond acceptors (Lipinski definition) is 4. The predicted molar refractivity (Wildman–Crippen MR) is 127 cm³/mol. The Morgan fingerprint density at radius 1 is 0.824 bits per heavy atom. The van der Waals surface area contributed by atoms with Crippen LogP contribution in [0.25, 0.3) is 6.08 Å². The number of carbonyl (C=O) groups excluding carboxylic acids is 3. The van der Waals surface area contributed by atoms with E-state index in [0.29, 0.717) is 10.6 Å². The van der Waals surface area contributed by atoms with Crippen LogP contribution in [-0.2, 0) is 9.59 Å². The van der Waals surface area contributed by atoms with Crippen LogP contribution in [0.3, 0.4) is 0 Å². The van der Waals surface area contributed by atoms with Gasteiger partial charge in [0, 0.05) is 16.3 Å². The number of benzene rings is 3. The average molecular weight is 473 g/mol. The Balaban J connectivity index is 1.51. The van der Waals surface area contributed by atoms with Crippen molar-refractivity contribution in [2.24, 2.45) is 11.8 Å². The predicted octanol–water partition coefficient (Wildman–Crippen LogP) is 4.75. The van der Waals surface area contributed by atoms with Gasteiger partial charge in [0.1, 0.15) is 11.9 Å². The zero-order chi connectivity index (χ0) is 23.6. The van der Waals surface area contributed by atoms with E-state index < -0.39 is 41.6 Å². The summed E-state index contributed by atoms with van der Waals surface area (Å²) in [6.07, 6.45) is 3.78. The molecule has 4 atom stereocenters. The van der Waals surface area contributed by atoms with Crippen LogP contribution in [0.4, 0.5) is 15.8 Å². The standard InChI is InChI=1S/C27H18ClFN2O3/c28-17-12-9-16(10-13-17)25(32)24-23-22(21-14-11-15-5-1-3-7-19(15)30(21)24)26(33)31(27(23)34)20-8-4-2-6-18(20)29/h1-14,21-24H/t21-,22+,23-,24+/m1/s1. The molecule has 3 aliphatic heterocycles. The van der Waals surface area contributed by atoms with Crippen LogP contribution in [0.15, 0.2) is 78.9 Å². The number of ketones is 1. The summed E-state index contributed by atoms with van der Waals surface area (Å²) >= 11 is 6.02. The third-order valence-electron chi connectivity index (χ3n) is 6.91. The van der Waals surface area contributed by atoms with Gasteiger partial charge < -0.3 is 4.90 Å². The third-order valence-corrected chi connectivity index (χ3v) is 7.16. The quantitative estimate of drug-likeness (QED) is 0.407. The molecule has 0 bridgehead atoms. The van der Waals surface area contributed by atoms with Crippen molar-refractivity contribution in [1.29, 1.82) is 0 Å². The lowest BCUT2D eigenvalue weighted by molar-refractivity contribution is -0.122. The van der Waals surface area contributed by atoms with E-state index in [4.69, 9.17) is 11.6 Å². The van der Waals surface area contributed by atoms with Gasteiger partial charge in [0.25, 0.3) is 0 Å². The normalized spacial score (nSPS) is 24.8. The molecular formula is C27H18ClFN2O3. The first-order valence-corrected chi connectivity index (χ1v) is 11.3. The van der Waals surface area contributed by atoms with Crippen molar-refractivity contribution in [3.05, 3.63) is 101 Å². The van der Waals surface area contributed by atoms with Crippen molar-refractivity contribution >= 4 is 46.6 Å². The molecule has 0 aliphatic carbocycles. The molecule has 34 heavy (non-hydrogen) atoms. The third kappa shape index (κ3) is 2.88. The SMILES string of the molecule is O=C(c1ccc(Cl)cc1)[C@@H]1[C@@H]2C(=O)N(c3ccccc3F)C(=O)[C@H]2[C@H]2C=Cc3ccccc3N21. The van der Waals surface area contributed by atoms with Crippen molar-refractivity contribution in [3.63, 3.8) is 0 Å². The number of hydrogen-bond donors (Lipinski definition) is 0. The first-order valence-electron chi connectivity index (χ1n) is 10.9. The fourth-order valence-corrected chi connectivity index (χ4v) is 5.59. The molecule has 0 spiro atoms. The number of halogens is 2. The molecule has 3 heterocycles.